The molecule has 1 aliphatic heterocycles. The summed E-state index contributed by atoms with van der Waals surface area (Å²) in [5.74, 6) is 1.59. The van der Waals surface area contributed by atoms with E-state index < -0.39 is 10.8 Å². The van der Waals surface area contributed by atoms with Crippen LogP contribution < -0.4 is 10.2 Å². The lowest BCUT2D eigenvalue weighted by atomic mass is 10.0. The predicted octanol–water partition coefficient (Wildman–Crippen LogP) is 1.93. The van der Waals surface area contributed by atoms with E-state index in [1.54, 1.807) is 0 Å². The largest absolute Gasteiger partial charge is 0.369 e. The van der Waals surface area contributed by atoms with Crippen molar-refractivity contribution in [3.63, 3.8) is 0 Å². The molecule has 1 fully saturated rings. The number of nitrogens with one attached hydrogen (secondary N) is 1. The Labute approximate surface area is 112 Å². The zero-order chi connectivity index (χ0) is 13.0. The first-order valence-electron chi connectivity index (χ1n) is 6.64. The average molecular weight is 266 g/mol. The van der Waals surface area contributed by atoms with Crippen LogP contribution in [0.1, 0.15) is 25.5 Å². The summed E-state index contributed by atoms with van der Waals surface area (Å²) in [5, 5.41) is 3.46. The highest BCUT2D eigenvalue weighted by molar-refractivity contribution is 7.85. The maximum atomic E-state index is 11.4. The summed E-state index contributed by atoms with van der Waals surface area (Å²) in [6.45, 7) is 7.11. The first-order valence-corrected chi connectivity index (χ1v) is 8.13. The maximum Gasteiger partial charge on any atom is 0.0415 e. The summed E-state index contributed by atoms with van der Waals surface area (Å²) < 4.78 is 11.4. The maximum absolute atomic E-state index is 11.4. The molecule has 1 atom stereocenters. The normalized spacial score (nSPS) is 18.9. The highest BCUT2D eigenvalue weighted by atomic mass is 32.2. The third kappa shape index (κ3) is 3.12. The van der Waals surface area contributed by atoms with Crippen molar-refractivity contribution in [3.05, 3.63) is 29.8 Å². The smallest absolute Gasteiger partial charge is 0.0415 e. The zero-order valence-corrected chi connectivity index (χ0v) is 12.0. The second-order valence-corrected chi connectivity index (χ2v) is 6.37. The Kier molecular flexibility index (Phi) is 4.78. The van der Waals surface area contributed by atoms with Gasteiger partial charge in [-0.3, -0.25) is 4.21 Å². The predicted molar refractivity (Wildman–Crippen MR) is 78.6 cm³/mol. The molecular weight excluding hydrogens is 244 g/mol. The van der Waals surface area contributed by atoms with Crippen molar-refractivity contribution in [2.24, 2.45) is 0 Å². The van der Waals surface area contributed by atoms with Crippen molar-refractivity contribution in [1.29, 1.82) is 0 Å². The lowest BCUT2D eigenvalue weighted by molar-refractivity contribution is 0.595. The number of hydrogen-bond donors (Lipinski definition) is 1. The topological polar surface area (TPSA) is 32.3 Å². The molecule has 1 unspecified atom stereocenters. The molecule has 1 aromatic rings. The van der Waals surface area contributed by atoms with Crippen molar-refractivity contribution < 1.29 is 4.21 Å². The van der Waals surface area contributed by atoms with Crippen molar-refractivity contribution >= 4 is 16.5 Å². The molecule has 1 aromatic carbocycles. The summed E-state index contributed by atoms with van der Waals surface area (Å²) in [6.07, 6.45) is 0. The summed E-state index contributed by atoms with van der Waals surface area (Å²) in [5.41, 5.74) is 2.63. The number of anilines is 1. The molecule has 0 saturated carbocycles. The van der Waals surface area contributed by atoms with Crippen LogP contribution in [0.4, 0.5) is 5.69 Å². The van der Waals surface area contributed by atoms with E-state index in [1.807, 2.05) is 0 Å². The fourth-order valence-electron chi connectivity index (χ4n) is 2.44. The minimum Gasteiger partial charge on any atom is -0.369 e. The van der Waals surface area contributed by atoms with Crippen LogP contribution in [0.15, 0.2) is 24.3 Å². The van der Waals surface area contributed by atoms with Gasteiger partial charge in [0.15, 0.2) is 0 Å². The Bertz CT molecular complexity index is 412. The Hall–Kier alpha value is -0.870. The van der Waals surface area contributed by atoms with Gasteiger partial charge in [0.25, 0.3) is 0 Å². The minimum absolute atomic E-state index is 0.360. The molecule has 18 heavy (non-hydrogen) atoms. The van der Waals surface area contributed by atoms with Crippen LogP contribution in [0, 0.1) is 0 Å². The minimum atomic E-state index is -0.613. The van der Waals surface area contributed by atoms with E-state index >= 15 is 0 Å². The van der Waals surface area contributed by atoms with E-state index in [4.69, 9.17) is 0 Å². The highest BCUT2D eigenvalue weighted by Gasteiger charge is 2.19. The van der Waals surface area contributed by atoms with Gasteiger partial charge in [-0.05, 0) is 25.1 Å². The van der Waals surface area contributed by atoms with E-state index in [0.29, 0.717) is 6.04 Å². The van der Waals surface area contributed by atoms with Crippen LogP contribution in [0.2, 0.25) is 0 Å². The van der Waals surface area contributed by atoms with Gasteiger partial charge in [0.05, 0.1) is 0 Å². The van der Waals surface area contributed by atoms with E-state index in [2.05, 4.69) is 48.3 Å². The van der Waals surface area contributed by atoms with Gasteiger partial charge in [0.1, 0.15) is 0 Å². The number of para-hydroxylation sites is 1. The quantitative estimate of drug-likeness (QED) is 0.904. The lowest BCUT2D eigenvalue weighted by Crippen LogP contribution is -2.38. The van der Waals surface area contributed by atoms with E-state index in [1.165, 1.54) is 11.3 Å². The second kappa shape index (κ2) is 6.34. The standard InChI is InChI=1S/C14H22N2OS/c1-3-15-12(2)13-6-4-5-7-14(13)16-8-10-18(17)11-9-16/h4-7,12,15H,3,8-11H2,1-2H3. The second-order valence-electron chi connectivity index (χ2n) is 4.67. The molecule has 0 radical (unpaired) electrons. The number of hydrogen-bond acceptors (Lipinski definition) is 3. The molecule has 1 saturated heterocycles. The zero-order valence-electron chi connectivity index (χ0n) is 11.2. The third-order valence-electron chi connectivity index (χ3n) is 3.43. The van der Waals surface area contributed by atoms with Gasteiger partial charge in [0, 0.05) is 47.1 Å². The van der Waals surface area contributed by atoms with Crippen LogP contribution in [0.5, 0.6) is 0 Å². The van der Waals surface area contributed by atoms with E-state index in [9.17, 15) is 4.21 Å². The van der Waals surface area contributed by atoms with E-state index in [-0.39, 0.29) is 0 Å². The van der Waals surface area contributed by atoms with Crippen LogP contribution in [-0.4, -0.2) is 35.3 Å². The van der Waals surface area contributed by atoms with Crippen molar-refractivity contribution in [1.82, 2.24) is 5.32 Å². The summed E-state index contributed by atoms with van der Waals surface area (Å²) in [7, 11) is -0.613. The molecule has 1 N–H and O–H groups in total. The van der Waals surface area contributed by atoms with Gasteiger partial charge in [-0.1, -0.05) is 25.1 Å². The van der Waals surface area contributed by atoms with Crippen LogP contribution in [0.3, 0.4) is 0 Å². The number of benzene rings is 1. The molecule has 100 valence electrons. The van der Waals surface area contributed by atoms with Crippen molar-refractivity contribution in [2.75, 3.05) is 36.0 Å². The van der Waals surface area contributed by atoms with Crippen LogP contribution in [-0.2, 0) is 10.8 Å². The third-order valence-corrected chi connectivity index (χ3v) is 4.71. The van der Waals surface area contributed by atoms with Gasteiger partial charge in [-0.15, -0.1) is 0 Å². The number of nitrogens with zero attached hydrogens (tertiary/aromatic N) is 1. The molecule has 0 spiro atoms. The van der Waals surface area contributed by atoms with Crippen molar-refractivity contribution in [3.8, 4) is 0 Å². The first kappa shape index (κ1) is 13.6. The Morgan fingerprint density at radius 1 is 1.33 bits per heavy atom. The Morgan fingerprint density at radius 3 is 2.67 bits per heavy atom. The van der Waals surface area contributed by atoms with Gasteiger partial charge in [0.2, 0.25) is 0 Å². The Morgan fingerprint density at radius 2 is 2.00 bits per heavy atom. The highest BCUT2D eigenvalue weighted by Crippen LogP contribution is 2.27. The molecule has 0 bridgehead atoms. The molecule has 2 rings (SSSR count). The average Bonchev–Trinajstić information content (AvgIpc) is 2.40. The molecule has 3 nitrogen and oxygen atoms in total. The molecular formula is C14H22N2OS. The first-order chi connectivity index (χ1) is 8.72. The number of rotatable bonds is 4. The van der Waals surface area contributed by atoms with Gasteiger partial charge < -0.3 is 10.2 Å². The fourth-order valence-corrected chi connectivity index (χ4v) is 3.49. The molecule has 0 amide bonds. The summed E-state index contributed by atoms with van der Waals surface area (Å²) >= 11 is 0. The van der Waals surface area contributed by atoms with Gasteiger partial charge in [-0.2, -0.15) is 0 Å². The fraction of sp³-hybridized carbons (Fsp3) is 0.571. The van der Waals surface area contributed by atoms with Crippen LogP contribution >= 0.6 is 0 Å². The van der Waals surface area contributed by atoms with Gasteiger partial charge >= 0.3 is 0 Å². The summed E-state index contributed by atoms with van der Waals surface area (Å²) in [6, 6.07) is 8.90. The molecule has 1 heterocycles. The van der Waals surface area contributed by atoms with Gasteiger partial charge in [-0.25, -0.2) is 0 Å². The summed E-state index contributed by atoms with van der Waals surface area (Å²) in [4.78, 5) is 2.37. The van der Waals surface area contributed by atoms with Crippen LogP contribution in [0.25, 0.3) is 0 Å². The molecule has 1 aliphatic rings. The van der Waals surface area contributed by atoms with Crippen molar-refractivity contribution in [2.45, 2.75) is 19.9 Å². The Balaban J connectivity index is 2.19. The SMILES string of the molecule is CCNC(C)c1ccccc1N1CCS(=O)CC1. The molecule has 4 heteroatoms. The monoisotopic (exact) mass is 266 g/mol. The van der Waals surface area contributed by atoms with E-state index in [0.717, 1.165) is 31.1 Å². The molecule has 0 aromatic heterocycles. The molecule has 0 aliphatic carbocycles. The lowest BCUT2D eigenvalue weighted by Gasteiger charge is -2.31.